The maximum Gasteiger partial charge on any atom is 0.407 e. The van der Waals surface area contributed by atoms with E-state index in [0.717, 1.165) is 10.9 Å². The van der Waals surface area contributed by atoms with Crippen LogP contribution in [0.25, 0.3) is 0 Å². The number of alkyl carbamates (subject to hydrolysis) is 1. The highest BCUT2D eigenvalue weighted by molar-refractivity contribution is 9.10. The Morgan fingerprint density at radius 3 is 2.57 bits per heavy atom. The second kappa shape index (κ2) is 8.64. The van der Waals surface area contributed by atoms with Crippen molar-refractivity contribution < 1.29 is 13.9 Å². The molecule has 0 saturated heterocycles. The fourth-order valence-electron chi connectivity index (χ4n) is 2.06. The van der Waals surface area contributed by atoms with Gasteiger partial charge in [0.05, 0.1) is 0 Å². The molecule has 1 aromatic rings. The first-order valence-electron chi connectivity index (χ1n) is 7.76. The molecule has 2 N–H and O–H groups in total. The monoisotopic (exact) mass is 388 g/mol. The lowest BCUT2D eigenvalue weighted by Crippen LogP contribution is -2.39. The molecule has 0 saturated carbocycles. The summed E-state index contributed by atoms with van der Waals surface area (Å²) in [5.41, 5.74) is 0.122. The number of carbonyl (C=O) groups is 1. The number of amides is 1. The predicted octanol–water partition coefficient (Wildman–Crippen LogP) is 4.54. The molecule has 1 rings (SSSR count). The summed E-state index contributed by atoms with van der Waals surface area (Å²) in [5, 5.41) is 6.05. The van der Waals surface area contributed by atoms with Crippen molar-refractivity contribution in [2.45, 2.75) is 58.7 Å². The topological polar surface area (TPSA) is 50.4 Å². The summed E-state index contributed by atoms with van der Waals surface area (Å²) in [6.45, 7) is 9.97. The summed E-state index contributed by atoms with van der Waals surface area (Å²) in [4.78, 5) is 11.7. The second-order valence-electron chi connectivity index (χ2n) is 6.68. The van der Waals surface area contributed by atoms with Gasteiger partial charge in [-0.25, -0.2) is 9.18 Å². The minimum Gasteiger partial charge on any atom is -0.444 e. The SMILES string of the molecule is CC(CCNC(C)c1ccc(Br)cc1F)NC(=O)OC(C)(C)C. The molecule has 6 heteroatoms. The van der Waals surface area contributed by atoms with Gasteiger partial charge in [-0.15, -0.1) is 0 Å². The van der Waals surface area contributed by atoms with Crippen LogP contribution < -0.4 is 10.6 Å². The molecule has 0 radical (unpaired) electrons. The molecule has 0 aliphatic heterocycles. The molecule has 2 atom stereocenters. The van der Waals surface area contributed by atoms with E-state index in [1.807, 2.05) is 40.7 Å². The number of hydrogen-bond acceptors (Lipinski definition) is 3. The van der Waals surface area contributed by atoms with Crippen LogP contribution in [-0.4, -0.2) is 24.3 Å². The van der Waals surface area contributed by atoms with Crippen LogP contribution in [0.15, 0.2) is 22.7 Å². The molecule has 4 nitrogen and oxygen atoms in total. The number of hydrogen-bond donors (Lipinski definition) is 2. The third-order valence-electron chi connectivity index (χ3n) is 3.22. The fraction of sp³-hybridized carbons (Fsp3) is 0.588. The van der Waals surface area contributed by atoms with Gasteiger partial charge in [0.1, 0.15) is 11.4 Å². The molecule has 2 unspecified atom stereocenters. The molecule has 0 aliphatic rings. The van der Waals surface area contributed by atoms with Gasteiger partial charge in [-0.1, -0.05) is 22.0 Å². The molecule has 0 aromatic heterocycles. The molecule has 0 spiro atoms. The second-order valence-corrected chi connectivity index (χ2v) is 7.59. The Bertz CT molecular complexity index is 532. The molecule has 0 bridgehead atoms. The molecular formula is C17H26BrFN2O2. The zero-order valence-electron chi connectivity index (χ0n) is 14.4. The van der Waals surface area contributed by atoms with Crippen LogP contribution in [0, 0.1) is 5.82 Å². The average molecular weight is 389 g/mol. The Morgan fingerprint density at radius 2 is 2.00 bits per heavy atom. The summed E-state index contributed by atoms with van der Waals surface area (Å²) in [5.74, 6) is -0.237. The van der Waals surface area contributed by atoms with Gasteiger partial charge in [0.25, 0.3) is 0 Å². The zero-order chi connectivity index (χ0) is 17.6. The highest BCUT2D eigenvalue weighted by Crippen LogP contribution is 2.20. The summed E-state index contributed by atoms with van der Waals surface area (Å²) < 4.78 is 19.8. The van der Waals surface area contributed by atoms with Crippen molar-refractivity contribution in [2.24, 2.45) is 0 Å². The predicted molar refractivity (Wildman–Crippen MR) is 94.0 cm³/mol. The maximum absolute atomic E-state index is 13.9. The molecular weight excluding hydrogens is 363 g/mol. The quantitative estimate of drug-likeness (QED) is 0.751. The van der Waals surface area contributed by atoms with Gasteiger partial charge in [-0.05, 0) is 59.7 Å². The number of rotatable bonds is 6. The molecule has 130 valence electrons. The van der Waals surface area contributed by atoms with Crippen LogP contribution in [0.1, 0.15) is 52.6 Å². The summed E-state index contributed by atoms with van der Waals surface area (Å²) in [6, 6.07) is 4.92. The maximum atomic E-state index is 13.9. The van der Waals surface area contributed by atoms with E-state index in [9.17, 15) is 9.18 Å². The Kier molecular flexibility index (Phi) is 7.48. The van der Waals surface area contributed by atoms with Crippen LogP contribution in [0.5, 0.6) is 0 Å². The third kappa shape index (κ3) is 7.79. The van der Waals surface area contributed by atoms with E-state index >= 15 is 0 Å². The first kappa shape index (κ1) is 19.9. The smallest absolute Gasteiger partial charge is 0.407 e. The van der Waals surface area contributed by atoms with E-state index < -0.39 is 11.7 Å². The molecule has 0 heterocycles. The van der Waals surface area contributed by atoms with Gasteiger partial charge in [0, 0.05) is 22.1 Å². The number of ether oxygens (including phenoxy) is 1. The van der Waals surface area contributed by atoms with E-state index in [4.69, 9.17) is 4.74 Å². The van der Waals surface area contributed by atoms with E-state index in [2.05, 4.69) is 26.6 Å². The van der Waals surface area contributed by atoms with E-state index in [1.54, 1.807) is 6.07 Å². The largest absolute Gasteiger partial charge is 0.444 e. The Hall–Kier alpha value is -1.14. The van der Waals surface area contributed by atoms with E-state index in [0.29, 0.717) is 12.1 Å². The van der Waals surface area contributed by atoms with Crippen molar-refractivity contribution in [3.8, 4) is 0 Å². The van der Waals surface area contributed by atoms with Crippen molar-refractivity contribution in [1.82, 2.24) is 10.6 Å². The number of halogens is 2. The highest BCUT2D eigenvalue weighted by Gasteiger charge is 2.17. The van der Waals surface area contributed by atoms with Crippen LogP contribution in [0.4, 0.5) is 9.18 Å². The summed E-state index contributed by atoms with van der Waals surface area (Å²) >= 11 is 3.25. The van der Waals surface area contributed by atoms with Crippen molar-refractivity contribution >= 4 is 22.0 Å². The van der Waals surface area contributed by atoms with E-state index in [-0.39, 0.29) is 17.9 Å². The lowest BCUT2D eigenvalue weighted by atomic mass is 10.1. The van der Waals surface area contributed by atoms with Crippen molar-refractivity contribution in [3.63, 3.8) is 0 Å². The zero-order valence-corrected chi connectivity index (χ0v) is 16.0. The molecule has 1 amide bonds. The summed E-state index contributed by atoms with van der Waals surface area (Å²) in [6.07, 6.45) is 0.304. The van der Waals surface area contributed by atoms with Gasteiger partial charge in [-0.3, -0.25) is 0 Å². The van der Waals surface area contributed by atoms with Crippen molar-refractivity contribution in [2.75, 3.05) is 6.54 Å². The van der Waals surface area contributed by atoms with Gasteiger partial charge in [0.15, 0.2) is 0 Å². The van der Waals surface area contributed by atoms with Crippen LogP contribution >= 0.6 is 15.9 Å². The lowest BCUT2D eigenvalue weighted by molar-refractivity contribution is 0.0506. The first-order chi connectivity index (χ1) is 10.6. The van der Waals surface area contributed by atoms with Gasteiger partial charge >= 0.3 is 6.09 Å². The number of benzene rings is 1. The molecule has 0 fully saturated rings. The van der Waals surface area contributed by atoms with Gasteiger partial charge < -0.3 is 15.4 Å². The number of carbonyl (C=O) groups excluding carboxylic acids is 1. The van der Waals surface area contributed by atoms with Crippen molar-refractivity contribution in [1.29, 1.82) is 0 Å². The molecule has 1 aromatic carbocycles. The van der Waals surface area contributed by atoms with Crippen LogP contribution in [0.3, 0.4) is 0 Å². The number of nitrogens with one attached hydrogen (secondary N) is 2. The van der Waals surface area contributed by atoms with Gasteiger partial charge in [-0.2, -0.15) is 0 Å². The Balaban J connectivity index is 2.37. The standard InChI is InChI=1S/C17H26BrFN2O2/c1-11(21-16(22)23-17(3,4)5)8-9-20-12(2)14-7-6-13(18)10-15(14)19/h6-7,10-12,20H,8-9H2,1-5H3,(H,21,22). The molecule has 23 heavy (non-hydrogen) atoms. The average Bonchev–Trinajstić information content (AvgIpc) is 2.35. The third-order valence-corrected chi connectivity index (χ3v) is 3.71. The summed E-state index contributed by atoms with van der Waals surface area (Å²) in [7, 11) is 0. The van der Waals surface area contributed by atoms with Gasteiger partial charge in [0.2, 0.25) is 0 Å². The Labute approximate surface area is 146 Å². The fourth-order valence-corrected chi connectivity index (χ4v) is 2.39. The first-order valence-corrected chi connectivity index (χ1v) is 8.55. The van der Waals surface area contributed by atoms with Crippen LogP contribution in [0.2, 0.25) is 0 Å². The normalized spacial score (nSPS) is 14.2. The van der Waals surface area contributed by atoms with E-state index in [1.165, 1.54) is 6.07 Å². The molecule has 0 aliphatic carbocycles. The minimum absolute atomic E-state index is 0.0284. The lowest BCUT2D eigenvalue weighted by Gasteiger charge is -2.22. The van der Waals surface area contributed by atoms with Crippen molar-refractivity contribution in [3.05, 3.63) is 34.1 Å². The Morgan fingerprint density at radius 1 is 1.35 bits per heavy atom. The highest BCUT2D eigenvalue weighted by atomic mass is 79.9. The minimum atomic E-state index is -0.504. The van der Waals surface area contributed by atoms with Crippen LogP contribution in [-0.2, 0) is 4.74 Å².